The Kier molecular flexibility index (Phi) is 7.15. The molecule has 3 rings (SSSR count). The minimum Gasteiger partial charge on any atom is -0.0622 e. The van der Waals surface area contributed by atoms with Crippen molar-refractivity contribution in [3.63, 3.8) is 0 Å². The monoisotopic (exact) mass is 334 g/mol. The van der Waals surface area contributed by atoms with Crippen LogP contribution in [0.1, 0.15) is 86.8 Å². The lowest BCUT2D eigenvalue weighted by molar-refractivity contribution is 0.375. The van der Waals surface area contributed by atoms with Crippen molar-refractivity contribution in [2.75, 3.05) is 0 Å². The van der Waals surface area contributed by atoms with Gasteiger partial charge in [-0.25, -0.2) is 0 Å². The fourth-order valence-electron chi connectivity index (χ4n) is 4.52. The zero-order valence-corrected chi connectivity index (χ0v) is 15.9. The molecule has 0 amide bonds. The molecule has 0 radical (unpaired) electrons. The molecule has 1 fully saturated rings. The quantitative estimate of drug-likeness (QED) is 0.540. The van der Waals surface area contributed by atoms with Gasteiger partial charge >= 0.3 is 0 Å². The van der Waals surface area contributed by atoms with E-state index in [1.165, 1.54) is 80.9 Å². The highest BCUT2D eigenvalue weighted by molar-refractivity contribution is 5.34. The minimum atomic E-state index is 0.558. The zero-order chi connectivity index (χ0) is 17.3. The largest absolute Gasteiger partial charge is 0.0622 e. The summed E-state index contributed by atoms with van der Waals surface area (Å²) >= 11 is 0. The van der Waals surface area contributed by atoms with Gasteiger partial charge in [0.25, 0.3) is 0 Å². The Balaban J connectivity index is 1.86. The number of aryl methyl sites for hydroxylation is 1. The van der Waals surface area contributed by atoms with Gasteiger partial charge in [0, 0.05) is 5.92 Å². The van der Waals surface area contributed by atoms with Crippen molar-refractivity contribution in [2.45, 2.75) is 77.0 Å². The highest BCUT2D eigenvalue weighted by Crippen LogP contribution is 2.38. The fourth-order valence-corrected chi connectivity index (χ4v) is 4.52. The van der Waals surface area contributed by atoms with Crippen LogP contribution >= 0.6 is 0 Å². The Morgan fingerprint density at radius 1 is 0.600 bits per heavy atom. The van der Waals surface area contributed by atoms with Crippen LogP contribution in [0.3, 0.4) is 0 Å². The maximum Gasteiger partial charge on any atom is 0.0118 e. The van der Waals surface area contributed by atoms with E-state index in [2.05, 4.69) is 61.5 Å². The van der Waals surface area contributed by atoms with E-state index < -0.39 is 0 Å². The third kappa shape index (κ3) is 5.46. The third-order valence-electron chi connectivity index (χ3n) is 5.97. The molecule has 0 spiro atoms. The van der Waals surface area contributed by atoms with Gasteiger partial charge in [-0.15, -0.1) is 0 Å². The second-order valence-electron chi connectivity index (χ2n) is 7.96. The van der Waals surface area contributed by atoms with Crippen molar-refractivity contribution in [1.29, 1.82) is 0 Å². The molecule has 1 aliphatic carbocycles. The fraction of sp³-hybridized carbons (Fsp3) is 0.520. The molecule has 1 unspecified atom stereocenters. The summed E-state index contributed by atoms with van der Waals surface area (Å²) in [7, 11) is 0. The van der Waals surface area contributed by atoms with E-state index in [9.17, 15) is 0 Å². The summed E-state index contributed by atoms with van der Waals surface area (Å²) in [6.07, 6.45) is 14.2. The summed E-state index contributed by atoms with van der Waals surface area (Å²) in [6.45, 7) is 2.19. The smallest absolute Gasteiger partial charge is 0.0118 e. The first kappa shape index (κ1) is 18.2. The predicted molar refractivity (Wildman–Crippen MR) is 109 cm³/mol. The van der Waals surface area contributed by atoms with Crippen molar-refractivity contribution in [3.8, 4) is 0 Å². The lowest BCUT2D eigenvalue weighted by atomic mass is 9.76. The second-order valence-corrected chi connectivity index (χ2v) is 7.96. The molecule has 0 heterocycles. The first-order chi connectivity index (χ1) is 12.3. The van der Waals surface area contributed by atoms with Crippen molar-refractivity contribution >= 4 is 0 Å². The summed E-state index contributed by atoms with van der Waals surface area (Å²) < 4.78 is 0. The van der Waals surface area contributed by atoms with Gasteiger partial charge in [0.05, 0.1) is 0 Å². The van der Waals surface area contributed by atoms with Gasteiger partial charge in [0.1, 0.15) is 0 Å². The molecule has 1 aliphatic rings. The van der Waals surface area contributed by atoms with E-state index in [0.29, 0.717) is 5.92 Å². The summed E-state index contributed by atoms with van der Waals surface area (Å²) in [4.78, 5) is 0. The molecule has 0 nitrogen and oxygen atoms in total. The summed E-state index contributed by atoms with van der Waals surface area (Å²) in [6, 6.07) is 20.6. The molecule has 0 bridgehead atoms. The van der Waals surface area contributed by atoms with E-state index in [1.54, 1.807) is 0 Å². The van der Waals surface area contributed by atoms with E-state index in [4.69, 9.17) is 0 Å². The lowest BCUT2D eigenvalue weighted by Gasteiger charge is -2.29. The van der Waals surface area contributed by atoms with Crippen LogP contribution in [-0.4, -0.2) is 0 Å². The van der Waals surface area contributed by atoms with Gasteiger partial charge < -0.3 is 0 Å². The van der Waals surface area contributed by atoms with E-state index in [0.717, 1.165) is 5.92 Å². The summed E-state index contributed by atoms with van der Waals surface area (Å²) in [5, 5.41) is 0. The molecule has 1 atom stereocenters. The Labute approximate surface area is 154 Å². The van der Waals surface area contributed by atoms with E-state index in [1.807, 2.05) is 0 Å². The first-order valence-electron chi connectivity index (χ1n) is 10.5. The first-order valence-corrected chi connectivity index (χ1v) is 10.5. The Hall–Kier alpha value is -1.56. The zero-order valence-electron chi connectivity index (χ0n) is 15.9. The Morgan fingerprint density at radius 3 is 1.64 bits per heavy atom. The van der Waals surface area contributed by atoms with Crippen LogP contribution in [0.25, 0.3) is 0 Å². The minimum absolute atomic E-state index is 0.558. The molecule has 0 aromatic heterocycles. The molecular weight excluding hydrogens is 300 g/mol. The number of hydrogen-bond donors (Lipinski definition) is 0. The summed E-state index contributed by atoms with van der Waals surface area (Å²) in [5.74, 6) is 1.34. The van der Waals surface area contributed by atoms with Crippen LogP contribution in [0.2, 0.25) is 0 Å². The van der Waals surface area contributed by atoms with Crippen LogP contribution in [0.15, 0.2) is 54.6 Å². The predicted octanol–water partition coefficient (Wildman–Crippen LogP) is 7.66. The Bertz CT molecular complexity index is 584. The van der Waals surface area contributed by atoms with Crippen LogP contribution in [-0.2, 0) is 0 Å². The molecule has 0 aliphatic heterocycles. The van der Waals surface area contributed by atoms with Gasteiger partial charge in [0.15, 0.2) is 0 Å². The average molecular weight is 335 g/mol. The molecule has 134 valence electrons. The number of benzene rings is 2. The molecule has 0 N–H and O–H groups in total. The third-order valence-corrected chi connectivity index (χ3v) is 5.97. The maximum atomic E-state index is 2.37. The van der Waals surface area contributed by atoms with E-state index >= 15 is 0 Å². The van der Waals surface area contributed by atoms with Crippen molar-refractivity contribution in [3.05, 3.63) is 71.3 Å². The Morgan fingerprint density at radius 2 is 1.08 bits per heavy atom. The lowest BCUT2D eigenvalue weighted by Crippen LogP contribution is -2.15. The van der Waals surface area contributed by atoms with Gasteiger partial charge in [-0.3, -0.25) is 0 Å². The molecule has 2 aromatic carbocycles. The molecular formula is C25H34. The average Bonchev–Trinajstić information content (AvgIpc) is 2.71. The molecule has 1 saturated carbocycles. The van der Waals surface area contributed by atoms with Crippen molar-refractivity contribution in [1.82, 2.24) is 0 Å². The summed E-state index contributed by atoms with van der Waals surface area (Å²) in [5.41, 5.74) is 4.38. The number of hydrogen-bond acceptors (Lipinski definition) is 0. The van der Waals surface area contributed by atoms with Crippen LogP contribution < -0.4 is 0 Å². The topological polar surface area (TPSA) is 0 Å². The second kappa shape index (κ2) is 9.80. The molecule has 0 saturated heterocycles. The molecule has 2 aromatic rings. The standard InChI is InChI=1S/C25H34/c1-21-17-19-24(20-18-21)25(23-15-11-8-12-16-23)22-13-9-6-4-2-3-5-7-10-14-22/h8,11-12,15-20,22,25H,2-7,9-10,13-14H2,1H3. The van der Waals surface area contributed by atoms with Crippen LogP contribution in [0.5, 0.6) is 0 Å². The van der Waals surface area contributed by atoms with Crippen LogP contribution in [0.4, 0.5) is 0 Å². The maximum absolute atomic E-state index is 2.37. The number of rotatable bonds is 3. The van der Waals surface area contributed by atoms with Crippen molar-refractivity contribution < 1.29 is 0 Å². The van der Waals surface area contributed by atoms with Gasteiger partial charge in [-0.2, -0.15) is 0 Å². The normalized spacial score (nSPS) is 19.1. The van der Waals surface area contributed by atoms with Crippen molar-refractivity contribution in [2.24, 2.45) is 5.92 Å². The van der Waals surface area contributed by atoms with Gasteiger partial charge in [-0.05, 0) is 36.8 Å². The van der Waals surface area contributed by atoms with Crippen LogP contribution in [0, 0.1) is 12.8 Å². The highest BCUT2D eigenvalue weighted by Gasteiger charge is 2.24. The van der Waals surface area contributed by atoms with Gasteiger partial charge in [-0.1, -0.05) is 112 Å². The van der Waals surface area contributed by atoms with Gasteiger partial charge in [0.2, 0.25) is 0 Å². The molecule has 25 heavy (non-hydrogen) atoms. The highest BCUT2D eigenvalue weighted by atomic mass is 14.3. The molecule has 0 heteroatoms. The van der Waals surface area contributed by atoms with E-state index in [-0.39, 0.29) is 0 Å². The SMILES string of the molecule is Cc1ccc(C(c2ccccc2)C2CCCCCCCCCC2)cc1.